The normalized spacial score (nSPS) is 11.6. The summed E-state index contributed by atoms with van der Waals surface area (Å²) in [6, 6.07) is 3.77. The summed E-state index contributed by atoms with van der Waals surface area (Å²) >= 11 is 0. The van der Waals surface area contributed by atoms with Crippen molar-refractivity contribution in [3.8, 4) is 12.3 Å². The maximum atomic E-state index is 12.8. The summed E-state index contributed by atoms with van der Waals surface area (Å²) < 4.78 is 26.8. The van der Waals surface area contributed by atoms with Gasteiger partial charge in [-0.15, -0.1) is 6.42 Å². The van der Waals surface area contributed by atoms with Gasteiger partial charge in [0.05, 0.1) is 11.4 Å². The van der Waals surface area contributed by atoms with Crippen LogP contribution in [-0.2, 0) is 16.6 Å². The molecule has 0 saturated carbocycles. The van der Waals surface area contributed by atoms with E-state index < -0.39 is 10.0 Å². The third-order valence-electron chi connectivity index (χ3n) is 3.50. The fraction of sp³-hybridized carbons (Fsp3) is 0.500. The molecule has 0 saturated heterocycles. The highest BCUT2D eigenvalue weighted by molar-refractivity contribution is 7.89. The maximum absolute atomic E-state index is 12.8. The Morgan fingerprint density at radius 1 is 1.29 bits per heavy atom. The van der Waals surface area contributed by atoms with Crippen LogP contribution in [0.5, 0.6) is 0 Å². The fourth-order valence-corrected chi connectivity index (χ4v) is 3.86. The molecule has 116 valence electrons. The van der Waals surface area contributed by atoms with E-state index in [1.807, 2.05) is 26.8 Å². The van der Waals surface area contributed by atoms with Crippen LogP contribution in [0.15, 0.2) is 17.0 Å². The van der Waals surface area contributed by atoms with Crippen LogP contribution >= 0.6 is 0 Å². The van der Waals surface area contributed by atoms with Crippen molar-refractivity contribution in [2.45, 2.75) is 39.1 Å². The van der Waals surface area contributed by atoms with Gasteiger partial charge in [0.1, 0.15) is 0 Å². The molecule has 0 atom stereocenters. The van der Waals surface area contributed by atoms with Crippen LogP contribution in [0.4, 0.5) is 0 Å². The van der Waals surface area contributed by atoms with Crippen LogP contribution in [0.25, 0.3) is 0 Å². The molecule has 0 spiro atoms. The minimum atomic E-state index is -3.55. The van der Waals surface area contributed by atoms with Crippen molar-refractivity contribution in [2.24, 2.45) is 0 Å². The zero-order valence-corrected chi connectivity index (χ0v) is 14.0. The largest absolute Gasteiger partial charge is 0.313 e. The van der Waals surface area contributed by atoms with E-state index in [4.69, 9.17) is 6.42 Å². The van der Waals surface area contributed by atoms with Crippen LogP contribution in [0.3, 0.4) is 0 Å². The summed E-state index contributed by atoms with van der Waals surface area (Å²) in [4.78, 5) is 0.354. The van der Waals surface area contributed by atoms with Gasteiger partial charge in [-0.3, -0.25) is 0 Å². The molecule has 0 aliphatic rings. The first kappa shape index (κ1) is 17.7. The molecular weight excluding hydrogens is 284 g/mol. The monoisotopic (exact) mass is 308 g/mol. The lowest BCUT2D eigenvalue weighted by Crippen LogP contribution is -2.32. The number of hydrogen-bond donors (Lipinski definition) is 1. The Labute approximate surface area is 128 Å². The Balaban J connectivity index is 3.33. The molecule has 1 aromatic rings. The van der Waals surface area contributed by atoms with E-state index in [0.717, 1.165) is 23.2 Å². The molecule has 0 unspecified atom stereocenters. The van der Waals surface area contributed by atoms with Crippen molar-refractivity contribution in [1.82, 2.24) is 9.62 Å². The molecule has 0 radical (unpaired) electrons. The van der Waals surface area contributed by atoms with E-state index in [1.165, 1.54) is 4.31 Å². The Morgan fingerprint density at radius 2 is 1.95 bits per heavy atom. The summed E-state index contributed by atoms with van der Waals surface area (Å²) in [5.74, 6) is 2.41. The van der Waals surface area contributed by atoms with Crippen LogP contribution in [0.2, 0.25) is 0 Å². The number of terminal acetylenes is 1. The molecule has 0 aliphatic carbocycles. The van der Waals surface area contributed by atoms with E-state index in [1.54, 1.807) is 13.0 Å². The molecule has 21 heavy (non-hydrogen) atoms. The van der Waals surface area contributed by atoms with Crippen molar-refractivity contribution >= 4 is 10.0 Å². The van der Waals surface area contributed by atoms with Gasteiger partial charge in [0.25, 0.3) is 0 Å². The number of benzene rings is 1. The van der Waals surface area contributed by atoms with Crippen molar-refractivity contribution < 1.29 is 8.42 Å². The second-order valence-electron chi connectivity index (χ2n) is 4.95. The highest BCUT2D eigenvalue weighted by Gasteiger charge is 2.25. The van der Waals surface area contributed by atoms with Gasteiger partial charge in [-0.1, -0.05) is 25.8 Å². The van der Waals surface area contributed by atoms with E-state index >= 15 is 0 Å². The lowest BCUT2D eigenvalue weighted by Gasteiger charge is -2.21. The molecule has 4 nitrogen and oxygen atoms in total. The van der Waals surface area contributed by atoms with Gasteiger partial charge < -0.3 is 5.32 Å². The molecule has 0 heterocycles. The van der Waals surface area contributed by atoms with Gasteiger partial charge in [0.15, 0.2) is 0 Å². The lowest BCUT2D eigenvalue weighted by atomic mass is 10.1. The molecule has 0 fully saturated rings. The van der Waals surface area contributed by atoms with Crippen LogP contribution in [-0.4, -0.2) is 32.4 Å². The summed E-state index contributed by atoms with van der Waals surface area (Å²) in [7, 11) is -3.55. The topological polar surface area (TPSA) is 49.4 Å². The van der Waals surface area contributed by atoms with Gasteiger partial charge >= 0.3 is 0 Å². The quantitative estimate of drug-likeness (QED) is 0.784. The Bertz CT molecular complexity index is 630. The molecule has 0 bridgehead atoms. The number of nitrogens with one attached hydrogen (secondary N) is 1. The van der Waals surface area contributed by atoms with Gasteiger partial charge in [-0.2, -0.15) is 4.31 Å². The highest BCUT2D eigenvalue weighted by atomic mass is 32.2. The van der Waals surface area contributed by atoms with Crippen molar-refractivity contribution in [2.75, 3.05) is 19.6 Å². The summed E-state index contributed by atoms with van der Waals surface area (Å²) in [6.07, 6.45) is 5.28. The van der Waals surface area contributed by atoms with Gasteiger partial charge in [0, 0.05) is 13.1 Å². The van der Waals surface area contributed by atoms with E-state index in [0.29, 0.717) is 18.0 Å². The SMILES string of the molecule is C#CCN(CC)S(=O)(=O)c1cc(CNCC)cc(C)c1C. The van der Waals surface area contributed by atoms with Crippen LogP contribution in [0, 0.1) is 26.2 Å². The van der Waals surface area contributed by atoms with Crippen LogP contribution in [0.1, 0.15) is 30.5 Å². The smallest absolute Gasteiger partial charge is 0.244 e. The minimum absolute atomic E-state index is 0.0920. The minimum Gasteiger partial charge on any atom is -0.313 e. The van der Waals surface area contributed by atoms with Crippen molar-refractivity contribution in [1.29, 1.82) is 0 Å². The van der Waals surface area contributed by atoms with Crippen molar-refractivity contribution in [3.63, 3.8) is 0 Å². The second-order valence-corrected chi connectivity index (χ2v) is 6.86. The zero-order chi connectivity index (χ0) is 16.0. The molecule has 1 rings (SSSR count). The molecule has 0 amide bonds. The Morgan fingerprint density at radius 3 is 2.48 bits per heavy atom. The average Bonchev–Trinajstić information content (AvgIpc) is 2.45. The number of nitrogens with zero attached hydrogens (tertiary/aromatic N) is 1. The van der Waals surface area contributed by atoms with Gasteiger partial charge in [-0.05, 0) is 43.1 Å². The molecule has 0 aliphatic heterocycles. The first-order valence-corrected chi connectivity index (χ1v) is 8.56. The Hall–Kier alpha value is -1.35. The standard InChI is InChI=1S/C16H24N2O2S/c1-6-9-18(8-3)21(19,20)16-11-15(12-17-7-2)10-13(4)14(16)5/h1,10-11,17H,7-9,12H2,2-5H3. The third kappa shape index (κ3) is 4.07. The predicted octanol–water partition coefficient (Wildman–Crippen LogP) is 2.06. The highest BCUT2D eigenvalue weighted by Crippen LogP contribution is 2.24. The molecule has 1 N–H and O–H groups in total. The molecule has 0 aromatic heterocycles. The third-order valence-corrected chi connectivity index (χ3v) is 5.54. The zero-order valence-electron chi connectivity index (χ0n) is 13.2. The first-order valence-electron chi connectivity index (χ1n) is 7.12. The molecule has 5 heteroatoms. The summed E-state index contributed by atoms with van der Waals surface area (Å²) in [6.45, 7) is 9.53. The van der Waals surface area contributed by atoms with E-state index in [2.05, 4.69) is 11.2 Å². The number of aryl methyl sites for hydroxylation is 1. The average molecular weight is 308 g/mol. The maximum Gasteiger partial charge on any atom is 0.244 e. The van der Waals surface area contributed by atoms with Gasteiger partial charge in [-0.25, -0.2) is 8.42 Å². The fourth-order valence-electron chi connectivity index (χ4n) is 2.15. The first-order chi connectivity index (χ1) is 9.88. The van der Waals surface area contributed by atoms with Gasteiger partial charge in [0.2, 0.25) is 10.0 Å². The number of hydrogen-bond acceptors (Lipinski definition) is 3. The lowest BCUT2D eigenvalue weighted by molar-refractivity contribution is 0.463. The number of rotatable bonds is 7. The predicted molar refractivity (Wildman–Crippen MR) is 86.6 cm³/mol. The Kier molecular flexibility index (Phi) is 6.41. The summed E-state index contributed by atoms with van der Waals surface area (Å²) in [5, 5.41) is 3.22. The van der Waals surface area contributed by atoms with E-state index in [9.17, 15) is 8.42 Å². The second kappa shape index (κ2) is 7.60. The molecule has 1 aromatic carbocycles. The number of sulfonamides is 1. The van der Waals surface area contributed by atoms with Crippen LogP contribution < -0.4 is 5.32 Å². The van der Waals surface area contributed by atoms with Crippen molar-refractivity contribution in [3.05, 3.63) is 28.8 Å². The molecular formula is C16H24N2O2S. The van der Waals surface area contributed by atoms with E-state index in [-0.39, 0.29) is 6.54 Å². The summed E-state index contributed by atoms with van der Waals surface area (Å²) in [5.41, 5.74) is 2.72.